The van der Waals surface area contributed by atoms with Gasteiger partial charge in [-0.2, -0.15) is 0 Å². The predicted octanol–water partition coefficient (Wildman–Crippen LogP) is 3.18. The molecule has 0 radical (unpaired) electrons. The summed E-state index contributed by atoms with van der Waals surface area (Å²) in [5.74, 6) is -1.03. The molecule has 134 valence electrons. The van der Waals surface area contributed by atoms with Gasteiger partial charge in [0, 0.05) is 16.9 Å². The molecule has 2 atom stereocenters. The molecular formula is C19H24N2O4. The number of benzene rings is 1. The Morgan fingerprint density at radius 1 is 1.20 bits per heavy atom. The lowest BCUT2D eigenvalue weighted by atomic mass is 10.1. The van der Waals surface area contributed by atoms with Gasteiger partial charge in [-0.25, -0.2) is 4.79 Å². The second-order valence-corrected chi connectivity index (χ2v) is 6.25. The van der Waals surface area contributed by atoms with Gasteiger partial charge in [-0.05, 0) is 57.9 Å². The standard InChI is InChI=1S/C19H24N2O4/c1-10-7-6-8-15(9-10)21-18(23)14(5)25-19(24)17-11(2)16(13(4)22)12(3)20-17/h6-9,13-14,20,22H,1-5H3,(H,21,23)/t13-,14+/m1/s1. The number of amides is 1. The van der Waals surface area contributed by atoms with Crippen molar-refractivity contribution in [2.45, 2.75) is 46.8 Å². The third-order valence-electron chi connectivity index (χ3n) is 4.06. The van der Waals surface area contributed by atoms with Gasteiger partial charge in [-0.1, -0.05) is 12.1 Å². The summed E-state index contributed by atoms with van der Waals surface area (Å²) in [5, 5.41) is 12.5. The Kier molecular flexibility index (Phi) is 5.64. The number of anilines is 1. The molecule has 0 saturated heterocycles. The highest BCUT2D eigenvalue weighted by atomic mass is 16.5. The van der Waals surface area contributed by atoms with Gasteiger partial charge >= 0.3 is 5.97 Å². The minimum absolute atomic E-state index is 0.253. The molecule has 1 amide bonds. The number of H-pyrrole nitrogens is 1. The highest BCUT2D eigenvalue weighted by Gasteiger charge is 2.24. The maximum absolute atomic E-state index is 12.4. The fourth-order valence-corrected chi connectivity index (χ4v) is 2.84. The Morgan fingerprint density at radius 3 is 2.44 bits per heavy atom. The molecular weight excluding hydrogens is 320 g/mol. The summed E-state index contributed by atoms with van der Waals surface area (Å²) in [6.07, 6.45) is -1.65. The summed E-state index contributed by atoms with van der Waals surface area (Å²) < 4.78 is 5.27. The summed E-state index contributed by atoms with van der Waals surface area (Å²) in [7, 11) is 0. The normalized spacial score (nSPS) is 13.2. The molecule has 0 aliphatic rings. The summed E-state index contributed by atoms with van der Waals surface area (Å²) >= 11 is 0. The zero-order valence-electron chi connectivity index (χ0n) is 15.1. The Bertz CT molecular complexity index is 793. The van der Waals surface area contributed by atoms with Crippen LogP contribution in [0.3, 0.4) is 0 Å². The number of aryl methyl sites for hydroxylation is 2. The third kappa shape index (κ3) is 4.28. The SMILES string of the molecule is Cc1cccc(NC(=O)[C@H](C)OC(=O)c2[nH]c(C)c([C@@H](C)O)c2C)c1. The van der Waals surface area contributed by atoms with Crippen LogP contribution in [0.5, 0.6) is 0 Å². The van der Waals surface area contributed by atoms with Crippen molar-refractivity contribution in [3.05, 3.63) is 52.3 Å². The predicted molar refractivity (Wildman–Crippen MR) is 95.6 cm³/mol. The molecule has 1 aromatic carbocycles. The van der Waals surface area contributed by atoms with Crippen LogP contribution in [-0.4, -0.2) is 28.1 Å². The van der Waals surface area contributed by atoms with E-state index in [0.29, 0.717) is 22.5 Å². The minimum atomic E-state index is -0.953. The molecule has 0 saturated carbocycles. The van der Waals surface area contributed by atoms with Gasteiger partial charge in [0.2, 0.25) is 0 Å². The molecule has 25 heavy (non-hydrogen) atoms. The number of carbonyl (C=O) groups excluding carboxylic acids is 2. The molecule has 0 fully saturated rings. The van der Waals surface area contributed by atoms with Gasteiger partial charge < -0.3 is 20.1 Å². The molecule has 1 heterocycles. The molecule has 0 bridgehead atoms. The Morgan fingerprint density at radius 2 is 1.88 bits per heavy atom. The van der Waals surface area contributed by atoms with Gasteiger partial charge in [0.05, 0.1) is 6.10 Å². The van der Waals surface area contributed by atoms with E-state index in [9.17, 15) is 14.7 Å². The van der Waals surface area contributed by atoms with Gasteiger partial charge in [0.15, 0.2) is 6.10 Å². The molecule has 0 aliphatic carbocycles. The van der Waals surface area contributed by atoms with Crippen molar-refractivity contribution in [1.82, 2.24) is 4.98 Å². The van der Waals surface area contributed by atoms with E-state index in [1.807, 2.05) is 25.1 Å². The zero-order valence-corrected chi connectivity index (χ0v) is 15.1. The molecule has 0 aliphatic heterocycles. The maximum Gasteiger partial charge on any atom is 0.355 e. The molecule has 0 spiro atoms. The first kappa shape index (κ1) is 18.7. The average Bonchev–Trinajstić information content (AvgIpc) is 2.82. The second-order valence-electron chi connectivity index (χ2n) is 6.25. The fraction of sp³-hybridized carbons (Fsp3) is 0.368. The van der Waals surface area contributed by atoms with E-state index in [4.69, 9.17) is 4.74 Å². The monoisotopic (exact) mass is 344 g/mol. The number of hydrogen-bond donors (Lipinski definition) is 3. The van der Waals surface area contributed by atoms with E-state index in [0.717, 1.165) is 5.56 Å². The van der Waals surface area contributed by atoms with Crippen LogP contribution < -0.4 is 5.32 Å². The van der Waals surface area contributed by atoms with E-state index in [2.05, 4.69) is 10.3 Å². The van der Waals surface area contributed by atoms with Crippen LogP contribution >= 0.6 is 0 Å². The minimum Gasteiger partial charge on any atom is -0.448 e. The zero-order chi connectivity index (χ0) is 18.7. The molecule has 2 aromatic rings. The Hall–Kier alpha value is -2.60. The number of aliphatic hydroxyl groups excluding tert-OH is 1. The number of esters is 1. The molecule has 3 N–H and O–H groups in total. The topological polar surface area (TPSA) is 91.4 Å². The highest BCUT2D eigenvalue weighted by Crippen LogP contribution is 2.25. The van der Waals surface area contributed by atoms with Crippen molar-refractivity contribution in [3.63, 3.8) is 0 Å². The van der Waals surface area contributed by atoms with Crippen molar-refractivity contribution >= 4 is 17.6 Å². The number of nitrogens with one attached hydrogen (secondary N) is 2. The van der Waals surface area contributed by atoms with E-state index >= 15 is 0 Å². The van der Waals surface area contributed by atoms with E-state index in [-0.39, 0.29) is 5.69 Å². The average molecular weight is 344 g/mol. The summed E-state index contributed by atoms with van der Waals surface area (Å²) in [6.45, 7) is 8.59. The largest absolute Gasteiger partial charge is 0.448 e. The molecule has 1 aromatic heterocycles. The van der Waals surface area contributed by atoms with Gasteiger partial charge in [-0.3, -0.25) is 4.79 Å². The highest BCUT2D eigenvalue weighted by molar-refractivity contribution is 5.97. The van der Waals surface area contributed by atoms with E-state index in [1.165, 1.54) is 6.92 Å². The summed E-state index contributed by atoms with van der Waals surface area (Å²) in [4.78, 5) is 27.5. The number of ether oxygens (including phenoxy) is 1. The van der Waals surface area contributed by atoms with E-state index < -0.39 is 24.1 Å². The first-order valence-corrected chi connectivity index (χ1v) is 8.16. The van der Waals surface area contributed by atoms with Gasteiger partial charge in [0.25, 0.3) is 5.91 Å². The van der Waals surface area contributed by atoms with Crippen molar-refractivity contribution in [2.24, 2.45) is 0 Å². The molecule has 2 rings (SSSR count). The van der Waals surface area contributed by atoms with Crippen molar-refractivity contribution in [1.29, 1.82) is 0 Å². The number of hydrogen-bond acceptors (Lipinski definition) is 4. The van der Waals surface area contributed by atoms with E-state index in [1.54, 1.807) is 26.8 Å². The lowest BCUT2D eigenvalue weighted by Crippen LogP contribution is -2.30. The van der Waals surface area contributed by atoms with Crippen LogP contribution in [0.4, 0.5) is 5.69 Å². The van der Waals surface area contributed by atoms with Crippen molar-refractivity contribution in [2.75, 3.05) is 5.32 Å². The first-order valence-electron chi connectivity index (χ1n) is 8.16. The summed E-state index contributed by atoms with van der Waals surface area (Å²) in [6, 6.07) is 7.37. The lowest BCUT2D eigenvalue weighted by Gasteiger charge is -2.14. The van der Waals surface area contributed by atoms with Crippen molar-refractivity contribution in [3.8, 4) is 0 Å². The lowest BCUT2D eigenvalue weighted by molar-refractivity contribution is -0.123. The first-order chi connectivity index (χ1) is 11.7. The van der Waals surface area contributed by atoms with Crippen LogP contribution in [0.15, 0.2) is 24.3 Å². The Labute approximate surface area is 147 Å². The number of carbonyl (C=O) groups is 2. The van der Waals surface area contributed by atoms with Crippen LogP contribution in [0.25, 0.3) is 0 Å². The quantitative estimate of drug-likeness (QED) is 0.727. The van der Waals surface area contributed by atoms with Gasteiger partial charge in [0.1, 0.15) is 5.69 Å². The van der Waals surface area contributed by atoms with Crippen LogP contribution in [0, 0.1) is 20.8 Å². The third-order valence-corrected chi connectivity index (χ3v) is 4.06. The second kappa shape index (κ2) is 7.53. The molecule has 0 unspecified atom stereocenters. The smallest absolute Gasteiger partial charge is 0.355 e. The van der Waals surface area contributed by atoms with Crippen LogP contribution in [0.2, 0.25) is 0 Å². The molecule has 6 heteroatoms. The summed E-state index contributed by atoms with van der Waals surface area (Å²) in [5.41, 5.74) is 3.93. The fourth-order valence-electron chi connectivity index (χ4n) is 2.84. The molecule has 6 nitrogen and oxygen atoms in total. The maximum atomic E-state index is 12.4. The number of aromatic amines is 1. The van der Waals surface area contributed by atoms with Crippen molar-refractivity contribution < 1.29 is 19.4 Å². The Balaban J connectivity index is 2.07. The van der Waals surface area contributed by atoms with Gasteiger partial charge in [-0.15, -0.1) is 0 Å². The number of rotatable bonds is 5. The number of aromatic nitrogens is 1. The number of aliphatic hydroxyl groups is 1. The van der Waals surface area contributed by atoms with Crippen LogP contribution in [-0.2, 0) is 9.53 Å². The van der Waals surface area contributed by atoms with Crippen LogP contribution in [0.1, 0.15) is 52.8 Å².